The molecule has 6 heteroatoms. The largest absolute Gasteiger partial charge is 0.494 e. The number of nitrogens with one attached hydrogen (secondary N) is 2. The number of nitrogens with zero attached hydrogens (tertiary/aromatic N) is 2. The van der Waals surface area contributed by atoms with Gasteiger partial charge in [-0.1, -0.05) is 30.3 Å². The van der Waals surface area contributed by atoms with Gasteiger partial charge in [0, 0.05) is 32.4 Å². The molecule has 0 bridgehead atoms. The van der Waals surface area contributed by atoms with Crippen molar-refractivity contribution in [2.75, 3.05) is 13.7 Å². The predicted molar refractivity (Wildman–Crippen MR) is 115 cm³/mol. The third-order valence-electron chi connectivity index (χ3n) is 4.14. The maximum absolute atomic E-state index is 5.85. The zero-order valence-corrected chi connectivity index (χ0v) is 16.8. The van der Waals surface area contributed by atoms with Crippen molar-refractivity contribution in [3.8, 4) is 17.4 Å². The van der Waals surface area contributed by atoms with Crippen LogP contribution < -0.4 is 20.1 Å². The van der Waals surface area contributed by atoms with Crippen molar-refractivity contribution < 1.29 is 9.47 Å². The van der Waals surface area contributed by atoms with E-state index in [1.165, 1.54) is 5.56 Å². The number of guanidine groups is 1. The minimum Gasteiger partial charge on any atom is -0.494 e. The molecule has 0 amide bonds. The number of pyridine rings is 1. The molecule has 0 saturated heterocycles. The number of aromatic nitrogens is 1. The predicted octanol–water partition coefficient (Wildman–Crippen LogP) is 4.14. The summed E-state index contributed by atoms with van der Waals surface area (Å²) in [5.41, 5.74) is 2.24. The summed E-state index contributed by atoms with van der Waals surface area (Å²) in [5, 5.41) is 6.61. The van der Waals surface area contributed by atoms with Gasteiger partial charge in [-0.2, -0.15) is 0 Å². The number of hydrogen-bond acceptors (Lipinski definition) is 4. The number of ether oxygens (including phenoxy) is 2. The first-order chi connectivity index (χ1) is 14.3. The van der Waals surface area contributed by atoms with E-state index in [9.17, 15) is 0 Å². The lowest BCUT2D eigenvalue weighted by Gasteiger charge is -2.12. The van der Waals surface area contributed by atoms with Crippen LogP contribution in [0.15, 0.2) is 77.9 Å². The summed E-state index contributed by atoms with van der Waals surface area (Å²) in [6.45, 7) is 3.92. The Hall–Kier alpha value is -3.54. The smallest absolute Gasteiger partial charge is 0.219 e. The van der Waals surface area contributed by atoms with E-state index in [4.69, 9.17) is 9.47 Å². The molecule has 3 rings (SSSR count). The van der Waals surface area contributed by atoms with Crippen LogP contribution in [0.5, 0.6) is 17.4 Å². The lowest BCUT2D eigenvalue weighted by atomic mass is 10.2. The summed E-state index contributed by atoms with van der Waals surface area (Å²) >= 11 is 0. The van der Waals surface area contributed by atoms with E-state index in [1.807, 2.05) is 61.5 Å². The molecule has 0 unspecified atom stereocenters. The molecule has 0 aliphatic heterocycles. The zero-order chi connectivity index (χ0) is 20.3. The number of benzene rings is 2. The number of hydrogen-bond donors (Lipinski definition) is 2. The highest BCUT2D eigenvalue weighted by Crippen LogP contribution is 2.23. The Bertz CT molecular complexity index is 912. The molecule has 2 N–H and O–H groups in total. The molecule has 6 nitrogen and oxygen atoms in total. The lowest BCUT2D eigenvalue weighted by molar-refractivity contribution is 0.339. The van der Waals surface area contributed by atoms with Crippen molar-refractivity contribution in [1.29, 1.82) is 0 Å². The quantitative estimate of drug-likeness (QED) is 0.447. The average Bonchev–Trinajstić information content (AvgIpc) is 2.76. The topological polar surface area (TPSA) is 67.8 Å². The SMILES string of the molecule is CCOc1ccc(Oc2cc(CNC(=NC)NCc3ccccc3)ccn2)cc1. The molecule has 0 atom stereocenters. The number of rotatable bonds is 8. The average molecular weight is 390 g/mol. The molecule has 1 heterocycles. The van der Waals surface area contributed by atoms with Gasteiger partial charge in [0.15, 0.2) is 5.96 Å². The Kier molecular flexibility index (Phi) is 7.46. The van der Waals surface area contributed by atoms with E-state index in [2.05, 4.69) is 32.7 Å². The second kappa shape index (κ2) is 10.7. The molecule has 2 aromatic carbocycles. The summed E-state index contributed by atoms with van der Waals surface area (Å²) in [5.74, 6) is 2.81. The Morgan fingerprint density at radius 3 is 2.28 bits per heavy atom. The minimum atomic E-state index is 0.542. The van der Waals surface area contributed by atoms with Crippen LogP contribution in [-0.4, -0.2) is 24.6 Å². The summed E-state index contributed by atoms with van der Waals surface area (Å²) in [4.78, 5) is 8.56. The van der Waals surface area contributed by atoms with Gasteiger partial charge in [-0.3, -0.25) is 4.99 Å². The van der Waals surface area contributed by atoms with Gasteiger partial charge >= 0.3 is 0 Å². The fourth-order valence-corrected chi connectivity index (χ4v) is 2.70. The fourth-order valence-electron chi connectivity index (χ4n) is 2.70. The Balaban J connectivity index is 1.53. The monoisotopic (exact) mass is 390 g/mol. The standard InChI is InChI=1S/C23H26N4O2/c1-3-28-20-9-11-21(12-10-20)29-22-15-19(13-14-25-22)17-27-23(24-2)26-16-18-7-5-4-6-8-18/h4-15H,3,16-17H2,1-2H3,(H2,24,26,27). The van der Waals surface area contributed by atoms with Crippen molar-refractivity contribution in [3.63, 3.8) is 0 Å². The van der Waals surface area contributed by atoms with Crippen molar-refractivity contribution in [2.24, 2.45) is 4.99 Å². The van der Waals surface area contributed by atoms with E-state index in [-0.39, 0.29) is 0 Å². The highest BCUT2D eigenvalue weighted by Gasteiger charge is 2.03. The Morgan fingerprint density at radius 1 is 0.897 bits per heavy atom. The molecule has 3 aromatic rings. The molecular formula is C23H26N4O2. The zero-order valence-electron chi connectivity index (χ0n) is 16.8. The van der Waals surface area contributed by atoms with Gasteiger partial charge in [0.1, 0.15) is 11.5 Å². The van der Waals surface area contributed by atoms with Crippen molar-refractivity contribution >= 4 is 5.96 Å². The van der Waals surface area contributed by atoms with Gasteiger partial charge in [-0.25, -0.2) is 4.98 Å². The normalized spacial score (nSPS) is 11.0. The van der Waals surface area contributed by atoms with Crippen LogP contribution in [0.2, 0.25) is 0 Å². The Labute approximate surface area is 171 Å². The third kappa shape index (κ3) is 6.53. The third-order valence-corrected chi connectivity index (χ3v) is 4.14. The molecule has 150 valence electrons. The van der Waals surface area contributed by atoms with Gasteiger partial charge in [-0.05, 0) is 48.4 Å². The highest BCUT2D eigenvalue weighted by atomic mass is 16.5. The maximum atomic E-state index is 5.85. The molecule has 0 aliphatic rings. The van der Waals surface area contributed by atoms with Crippen molar-refractivity contribution in [1.82, 2.24) is 15.6 Å². The first-order valence-electron chi connectivity index (χ1n) is 9.61. The minimum absolute atomic E-state index is 0.542. The van der Waals surface area contributed by atoms with Gasteiger partial charge < -0.3 is 20.1 Å². The second-order valence-corrected chi connectivity index (χ2v) is 6.27. The molecule has 0 spiro atoms. The van der Waals surface area contributed by atoms with Crippen LogP contribution in [0.25, 0.3) is 0 Å². The molecule has 0 radical (unpaired) electrons. The van der Waals surface area contributed by atoms with Crippen LogP contribution >= 0.6 is 0 Å². The van der Waals surface area contributed by atoms with E-state index in [0.717, 1.165) is 17.3 Å². The van der Waals surface area contributed by atoms with Gasteiger partial charge in [0.05, 0.1) is 6.61 Å². The molecule has 1 aromatic heterocycles. The molecule has 0 saturated carbocycles. The van der Waals surface area contributed by atoms with Crippen LogP contribution in [0.3, 0.4) is 0 Å². The highest BCUT2D eigenvalue weighted by molar-refractivity contribution is 5.79. The fraction of sp³-hybridized carbons (Fsp3) is 0.217. The van der Waals surface area contributed by atoms with E-state index in [0.29, 0.717) is 31.3 Å². The molecule has 29 heavy (non-hydrogen) atoms. The molecular weight excluding hydrogens is 364 g/mol. The van der Waals surface area contributed by atoms with Crippen molar-refractivity contribution in [2.45, 2.75) is 20.0 Å². The van der Waals surface area contributed by atoms with Crippen molar-refractivity contribution in [3.05, 3.63) is 84.1 Å². The van der Waals surface area contributed by atoms with Gasteiger partial charge in [0.2, 0.25) is 5.88 Å². The van der Waals surface area contributed by atoms with Crippen LogP contribution in [-0.2, 0) is 13.1 Å². The Morgan fingerprint density at radius 2 is 1.59 bits per heavy atom. The summed E-state index contributed by atoms with van der Waals surface area (Å²) in [6, 6.07) is 21.6. The van der Waals surface area contributed by atoms with E-state index < -0.39 is 0 Å². The summed E-state index contributed by atoms with van der Waals surface area (Å²) in [7, 11) is 1.76. The number of aliphatic imine (C=N–C) groups is 1. The summed E-state index contributed by atoms with van der Waals surface area (Å²) in [6.07, 6.45) is 1.74. The first-order valence-corrected chi connectivity index (χ1v) is 9.61. The maximum Gasteiger partial charge on any atom is 0.219 e. The van der Waals surface area contributed by atoms with Gasteiger partial charge in [0.25, 0.3) is 0 Å². The van der Waals surface area contributed by atoms with Crippen LogP contribution in [0.1, 0.15) is 18.1 Å². The first kappa shape index (κ1) is 20.2. The van der Waals surface area contributed by atoms with E-state index in [1.54, 1.807) is 13.2 Å². The molecule has 0 aliphatic carbocycles. The van der Waals surface area contributed by atoms with Crippen LogP contribution in [0, 0.1) is 0 Å². The molecule has 0 fully saturated rings. The second-order valence-electron chi connectivity index (χ2n) is 6.27. The summed E-state index contributed by atoms with van der Waals surface area (Å²) < 4.78 is 11.3. The lowest BCUT2D eigenvalue weighted by Crippen LogP contribution is -2.36. The van der Waals surface area contributed by atoms with Gasteiger partial charge in [-0.15, -0.1) is 0 Å². The van der Waals surface area contributed by atoms with E-state index >= 15 is 0 Å². The van der Waals surface area contributed by atoms with Crippen LogP contribution in [0.4, 0.5) is 0 Å².